The van der Waals surface area contributed by atoms with Gasteiger partial charge in [-0.15, -0.1) is 0 Å². The van der Waals surface area contributed by atoms with Crippen LogP contribution in [0.2, 0.25) is 5.02 Å². The average Bonchev–Trinajstić information content (AvgIpc) is 3.10. The van der Waals surface area contributed by atoms with E-state index < -0.39 is 11.7 Å². The normalized spacial score (nSPS) is 19.3. The van der Waals surface area contributed by atoms with Gasteiger partial charge < -0.3 is 4.90 Å². The van der Waals surface area contributed by atoms with Crippen molar-refractivity contribution in [3.8, 4) is 6.07 Å². The molecular weight excluding hydrogens is 264 g/mol. The van der Waals surface area contributed by atoms with E-state index in [1.807, 2.05) is 0 Å². The Balaban J connectivity index is 1.98. The third-order valence-electron chi connectivity index (χ3n) is 3.85. The van der Waals surface area contributed by atoms with Crippen LogP contribution in [0.15, 0.2) is 18.2 Å². The van der Waals surface area contributed by atoms with E-state index in [0.29, 0.717) is 29.2 Å². The molecule has 1 aliphatic heterocycles. The van der Waals surface area contributed by atoms with Crippen LogP contribution in [0.25, 0.3) is 0 Å². The number of Topliss-reactive ketones (excluding diaryl/α,β-unsaturated/α-hetero) is 1. The van der Waals surface area contributed by atoms with Crippen molar-refractivity contribution >= 4 is 29.0 Å². The zero-order valence-corrected chi connectivity index (χ0v) is 10.9. The molecule has 0 unspecified atom stereocenters. The van der Waals surface area contributed by atoms with Gasteiger partial charge >= 0.3 is 0 Å². The van der Waals surface area contributed by atoms with E-state index in [0.717, 1.165) is 12.8 Å². The van der Waals surface area contributed by atoms with Crippen LogP contribution in [0.3, 0.4) is 0 Å². The number of nitriles is 1. The molecule has 1 amide bonds. The van der Waals surface area contributed by atoms with E-state index in [-0.39, 0.29) is 5.41 Å². The van der Waals surface area contributed by atoms with Gasteiger partial charge in [0, 0.05) is 18.4 Å². The fourth-order valence-electron chi connectivity index (χ4n) is 2.53. The molecular formula is C14H11ClN2O2. The molecule has 1 aromatic rings. The van der Waals surface area contributed by atoms with Crippen LogP contribution in [0, 0.1) is 16.7 Å². The first-order valence-corrected chi connectivity index (χ1v) is 6.47. The summed E-state index contributed by atoms with van der Waals surface area (Å²) in [7, 11) is 0. The highest BCUT2D eigenvalue weighted by Crippen LogP contribution is 2.51. The summed E-state index contributed by atoms with van der Waals surface area (Å²) in [6.07, 6.45) is 2.24. The number of fused-ring (bicyclic) bond motifs is 1. The fraction of sp³-hybridized carbons (Fsp3) is 0.357. The molecule has 1 saturated carbocycles. The van der Waals surface area contributed by atoms with E-state index in [1.54, 1.807) is 18.2 Å². The molecule has 1 fully saturated rings. The highest BCUT2D eigenvalue weighted by Gasteiger charge is 2.48. The van der Waals surface area contributed by atoms with E-state index in [2.05, 4.69) is 6.07 Å². The van der Waals surface area contributed by atoms with Crippen molar-refractivity contribution in [2.24, 2.45) is 5.41 Å². The predicted octanol–water partition coefficient (Wildman–Crippen LogP) is 2.56. The third kappa shape index (κ3) is 1.82. The minimum atomic E-state index is -0.535. The van der Waals surface area contributed by atoms with Crippen LogP contribution < -0.4 is 4.90 Å². The maximum atomic E-state index is 12.1. The Labute approximate surface area is 115 Å². The number of hydrogen-bond acceptors (Lipinski definition) is 3. The van der Waals surface area contributed by atoms with Crippen LogP contribution in [-0.4, -0.2) is 18.2 Å². The number of ketones is 1. The van der Waals surface area contributed by atoms with Gasteiger partial charge in [0.15, 0.2) is 0 Å². The maximum Gasteiger partial charge on any atom is 0.299 e. The molecule has 0 N–H and O–H groups in total. The molecule has 4 nitrogen and oxygen atoms in total. The van der Waals surface area contributed by atoms with Gasteiger partial charge in [-0.3, -0.25) is 9.59 Å². The summed E-state index contributed by atoms with van der Waals surface area (Å²) in [5.41, 5.74) is 0.722. The highest BCUT2D eigenvalue weighted by molar-refractivity contribution is 6.54. The minimum absolute atomic E-state index is 0.147. The SMILES string of the molecule is N#CCC1(CN2C(=O)C(=O)c3cccc(Cl)c32)CC1. The molecule has 0 saturated heterocycles. The van der Waals surface area contributed by atoms with Crippen LogP contribution >= 0.6 is 11.6 Å². The van der Waals surface area contributed by atoms with Crippen LogP contribution in [-0.2, 0) is 4.79 Å². The van der Waals surface area contributed by atoms with Crippen molar-refractivity contribution in [2.45, 2.75) is 19.3 Å². The Morgan fingerprint density at radius 1 is 1.37 bits per heavy atom. The van der Waals surface area contributed by atoms with Gasteiger partial charge in [-0.1, -0.05) is 17.7 Å². The summed E-state index contributed by atoms with van der Waals surface area (Å²) >= 11 is 6.11. The number of carbonyl (C=O) groups excluding carboxylic acids is 2. The highest BCUT2D eigenvalue weighted by atomic mass is 35.5. The first-order chi connectivity index (χ1) is 9.08. The van der Waals surface area contributed by atoms with Gasteiger partial charge in [-0.2, -0.15) is 5.26 Å². The molecule has 0 aromatic heterocycles. The second kappa shape index (κ2) is 4.07. The number of halogens is 1. The van der Waals surface area contributed by atoms with Crippen molar-refractivity contribution < 1.29 is 9.59 Å². The molecule has 5 heteroatoms. The van der Waals surface area contributed by atoms with Crippen LogP contribution in [0.5, 0.6) is 0 Å². The lowest BCUT2D eigenvalue weighted by Crippen LogP contribution is -2.35. The molecule has 1 aromatic carbocycles. The summed E-state index contributed by atoms with van der Waals surface area (Å²) in [4.78, 5) is 25.4. The molecule has 0 radical (unpaired) electrons. The molecule has 19 heavy (non-hydrogen) atoms. The number of anilines is 1. The van der Waals surface area contributed by atoms with E-state index in [9.17, 15) is 9.59 Å². The zero-order chi connectivity index (χ0) is 13.6. The molecule has 3 rings (SSSR count). The summed E-state index contributed by atoms with van der Waals surface area (Å²) in [5.74, 6) is -1.04. The van der Waals surface area contributed by atoms with Crippen molar-refractivity contribution in [1.82, 2.24) is 0 Å². The first-order valence-electron chi connectivity index (χ1n) is 6.10. The monoisotopic (exact) mass is 274 g/mol. The summed E-state index contributed by atoms with van der Waals surface area (Å²) in [5, 5.41) is 9.24. The second-order valence-electron chi connectivity index (χ2n) is 5.19. The number of amides is 1. The number of para-hydroxylation sites is 1. The summed E-state index contributed by atoms with van der Waals surface area (Å²) in [6, 6.07) is 7.10. The predicted molar refractivity (Wildman–Crippen MR) is 70.0 cm³/mol. The largest absolute Gasteiger partial charge is 0.303 e. The molecule has 0 spiro atoms. The van der Waals surface area contributed by atoms with Crippen LogP contribution in [0.4, 0.5) is 5.69 Å². The third-order valence-corrected chi connectivity index (χ3v) is 4.15. The maximum absolute atomic E-state index is 12.1. The second-order valence-corrected chi connectivity index (χ2v) is 5.60. The smallest absolute Gasteiger partial charge is 0.299 e. The molecule has 1 aliphatic carbocycles. The van der Waals surface area contributed by atoms with Gasteiger partial charge in [-0.05, 0) is 25.0 Å². The average molecular weight is 275 g/mol. The molecule has 1 heterocycles. The number of carbonyl (C=O) groups is 2. The summed E-state index contributed by atoms with van der Waals surface area (Å²) < 4.78 is 0. The Hall–Kier alpha value is -1.86. The van der Waals surface area contributed by atoms with Crippen LogP contribution in [0.1, 0.15) is 29.6 Å². The standard InChI is InChI=1S/C14H11ClN2O2/c15-10-3-1-2-9-11(10)17(13(19)12(9)18)8-14(4-5-14)6-7-16/h1-3H,4-6,8H2. The van der Waals surface area contributed by atoms with Crippen molar-refractivity contribution in [3.05, 3.63) is 28.8 Å². The van der Waals surface area contributed by atoms with Gasteiger partial charge in [0.05, 0.1) is 22.3 Å². The Bertz CT molecular complexity index is 629. The van der Waals surface area contributed by atoms with Crippen molar-refractivity contribution in [1.29, 1.82) is 5.26 Å². The molecule has 0 atom stereocenters. The quantitative estimate of drug-likeness (QED) is 0.796. The number of nitrogens with zero attached hydrogens (tertiary/aromatic N) is 2. The Morgan fingerprint density at radius 3 is 2.74 bits per heavy atom. The lowest BCUT2D eigenvalue weighted by Gasteiger charge is -2.22. The minimum Gasteiger partial charge on any atom is -0.303 e. The van der Waals surface area contributed by atoms with E-state index in [1.165, 1.54) is 4.90 Å². The zero-order valence-electron chi connectivity index (χ0n) is 10.1. The number of hydrogen-bond donors (Lipinski definition) is 0. The van der Waals surface area contributed by atoms with Gasteiger partial charge in [0.2, 0.25) is 0 Å². The fourth-order valence-corrected chi connectivity index (χ4v) is 2.81. The van der Waals surface area contributed by atoms with Crippen molar-refractivity contribution in [2.75, 3.05) is 11.4 Å². The van der Waals surface area contributed by atoms with Gasteiger partial charge in [-0.25, -0.2) is 0 Å². The Morgan fingerprint density at radius 2 is 2.11 bits per heavy atom. The van der Waals surface area contributed by atoms with E-state index >= 15 is 0 Å². The lowest BCUT2D eigenvalue weighted by molar-refractivity contribution is -0.114. The topological polar surface area (TPSA) is 61.2 Å². The van der Waals surface area contributed by atoms with Gasteiger partial charge in [0.25, 0.3) is 11.7 Å². The number of benzene rings is 1. The summed E-state index contributed by atoms with van der Waals surface area (Å²) in [6.45, 7) is 0.405. The Kier molecular flexibility index (Phi) is 2.61. The lowest BCUT2D eigenvalue weighted by atomic mass is 10.0. The van der Waals surface area contributed by atoms with E-state index in [4.69, 9.17) is 16.9 Å². The number of rotatable bonds is 3. The molecule has 0 bridgehead atoms. The van der Waals surface area contributed by atoms with Gasteiger partial charge in [0.1, 0.15) is 0 Å². The molecule has 2 aliphatic rings. The molecule has 96 valence electrons. The first kappa shape index (κ1) is 12.2. The van der Waals surface area contributed by atoms with Crippen molar-refractivity contribution in [3.63, 3.8) is 0 Å².